The summed E-state index contributed by atoms with van der Waals surface area (Å²) in [7, 11) is 0. The van der Waals surface area contributed by atoms with Gasteiger partial charge in [0.25, 0.3) is 0 Å². The van der Waals surface area contributed by atoms with Gasteiger partial charge in [-0.1, -0.05) is 11.6 Å². The quantitative estimate of drug-likeness (QED) is 0.583. The van der Waals surface area contributed by atoms with Crippen LogP contribution >= 0.6 is 11.6 Å². The number of amides is 1. The fraction of sp³-hybridized carbons (Fsp3) is 0.286. The molecule has 0 spiro atoms. The SMILES string of the molecule is NC(=O)C(O)CNc1cc(Cl)ncn1. The molecule has 0 saturated carbocycles. The first-order chi connectivity index (χ1) is 6.59. The molecule has 0 fully saturated rings. The number of carbonyl (C=O) groups is 1. The summed E-state index contributed by atoms with van der Waals surface area (Å²) in [6.45, 7) is -0.0112. The predicted molar refractivity (Wildman–Crippen MR) is 50.7 cm³/mol. The molecule has 1 heterocycles. The van der Waals surface area contributed by atoms with Crippen molar-refractivity contribution >= 4 is 23.3 Å². The van der Waals surface area contributed by atoms with Crippen LogP contribution in [0, 0.1) is 0 Å². The Morgan fingerprint density at radius 2 is 2.43 bits per heavy atom. The maximum Gasteiger partial charge on any atom is 0.248 e. The third-order valence-corrected chi connectivity index (χ3v) is 1.65. The lowest BCUT2D eigenvalue weighted by Gasteiger charge is -2.08. The normalized spacial score (nSPS) is 12.1. The summed E-state index contributed by atoms with van der Waals surface area (Å²) in [6, 6.07) is 1.47. The molecule has 1 aromatic heterocycles. The van der Waals surface area contributed by atoms with E-state index in [9.17, 15) is 4.79 Å². The van der Waals surface area contributed by atoms with E-state index >= 15 is 0 Å². The van der Waals surface area contributed by atoms with Gasteiger partial charge in [-0.05, 0) is 0 Å². The number of primary amides is 1. The van der Waals surface area contributed by atoms with E-state index in [-0.39, 0.29) is 11.7 Å². The van der Waals surface area contributed by atoms with Gasteiger partial charge in [0.1, 0.15) is 23.4 Å². The summed E-state index contributed by atoms with van der Waals surface area (Å²) >= 11 is 5.58. The van der Waals surface area contributed by atoms with Crippen molar-refractivity contribution in [3.05, 3.63) is 17.5 Å². The second-order valence-corrected chi connectivity index (χ2v) is 2.91. The number of nitrogens with zero attached hydrogens (tertiary/aromatic N) is 2. The minimum atomic E-state index is -1.25. The maximum atomic E-state index is 10.5. The van der Waals surface area contributed by atoms with Crippen molar-refractivity contribution in [3.8, 4) is 0 Å². The van der Waals surface area contributed by atoms with Gasteiger partial charge >= 0.3 is 0 Å². The van der Waals surface area contributed by atoms with Crippen molar-refractivity contribution in [2.24, 2.45) is 5.73 Å². The van der Waals surface area contributed by atoms with E-state index in [0.717, 1.165) is 0 Å². The Hall–Kier alpha value is -1.40. The Kier molecular flexibility index (Phi) is 3.61. The Morgan fingerprint density at radius 1 is 1.71 bits per heavy atom. The summed E-state index contributed by atoms with van der Waals surface area (Å²) in [5, 5.41) is 12.0. The highest BCUT2D eigenvalue weighted by atomic mass is 35.5. The van der Waals surface area contributed by atoms with Crippen LogP contribution in [0.5, 0.6) is 0 Å². The number of aromatic nitrogens is 2. The minimum Gasteiger partial charge on any atom is -0.381 e. The highest BCUT2D eigenvalue weighted by Gasteiger charge is 2.10. The zero-order valence-electron chi connectivity index (χ0n) is 7.14. The van der Waals surface area contributed by atoms with Gasteiger partial charge in [0.15, 0.2) is 0 Å². The molecule has 0 radical (unpaired) electrons. The molecular formula is C7H9ClN4O2. The topological polar surface area (TPSA) is 101 Å². The number of rotatable bonds is 4. The lowest BCUT2D eigenvalue weighted by molar-refractivity contribution is -0.125. The Morgan fingerprint density at radius 3 is 3.00 bits per heavy atom. The van der Waals surface area contributed by atoms with Crippen molar-refractivity contribution in [3.63, 3.8) is 0 Å². The predicted octanol–water partition coefficient (Wildman–Crippen LogP) is -0.612. The number of halogens is 1. The number of carbonyl (C=O) groups excluding carboxylic acids is 1. The van der Waals surface area contributed by atoms with Crippen LogP contribution in [0.3, 0.4) is 0 Å². The molecule has 6 nitrogen and oxygen atoms in total. The van der Waals surface area contributed by atoms with E-state index < -0.39 is 12.0 Å². The van der Waals surface area contributed by atoms with Gasteiger partial charge in [-0.3, -0.25) is 4.79 Å². The average molecular weight is 217 g/mol. The smallest absolute Gasteiger partial charge is 0.248 e. The molecule has 14 heavy (non-hydrogen) atoms. The first-order valence-electron chi connectivity index (χ1n) is 3.78. The Bertz CT molecular complexity index is 333. The third-order valence-electron chi connectivity index (χ3n) is 1.44. The Labute approximate surface area is 85.1 Å². The van der Waals surface area contributed by atoms with Crippen LogP contribution in [0.1, 0.15) is 0 Å². The van der Waals surface area contributed by atoms with Gasteiger partial charge < -0.3 is 16.2 Å². The zero-order valence-corrected chi connectivity index (χ0v) is 7.90. The number of aliphatic hydroxyl groups is 1. The standard InChI is InChI=1S/C7H9ClN4O2/c8-5-1-6(12-3-11-5)10-2-4(13)7(9)14/h1,3-4,13H,2H2,(H2,9,14)(H,10,11,12). The fourth-order valence-corrected chi connectivity index (χ4v) is 0.879. The zero-order chi connectivity index (χ0) is 10.6. The molecule has 1 aromatic rings. The van der Waals surface area contributed by atoms with Crippen LogP contribution in [-0.4, -0.2) is 33.6 Å². The number of hydrogen-bond donors (Lipinski definition) is 3. The fourth-order valence-electron chi connectivity index (χ4n) is 0.732. The van der Waals surface area contributed by atoms with E-state index in [1.54, 1.807) is 0 Å². The van der Waals surface area contributed by atoms with Gasteiger partial charge in [0.05, 0.1) is 6.54 Å². The van der Waals surface area contributed by atoms with Crippen LogP contribution in [0.25, 0.3) is 0 Å². The highest BCUT2D eigenvalue weighted by molar-refractivity contribution is 6.29. The molecular weight excluding hydrogens is 208 g/mol. The van der Waals surface area contributed by atoms with Crippen molar-refractivity contribution in [1.82, 2.24) is 9.97 Å². The summed E-state index contributed by atoms with van der Waals surface area (Å²) < 4.78 is 0. The molecule has 0 bridgehead atoms. The van der Waals surface area contributed by atoms with Gasteiger partial charge in [-0.25, -0.2) is 9.97 Å². The molecule has 4 N–H and O–H groups in total. The number of anilines is 1. The summed E-state index contributed by atoms with van der Waals surface area (Å²) in [4.78, 5) is 17.9. The summed E-state index contributed by atoms with van der Waals surface area (Å²) in [5.74, 6) is -0.372. The molecule has 1 atom stereocenters. The second kappa shape index (κ2) is 4.73. The molecule has 1 rings (SSSR count). The van der Waals surface area contributed by atoms with Crippen LogP contribution in [-0.2, 0) is 4.79 Å². The molecule has 0 aliphatic rings. The lowest BCUT2D eigenvalue weighted by Crippen LogP contribution is -2.34. The van der Waals surface area contributed by atoms with E-state index in [4.69, 9.17) is 22.4 Å². The molecule has 76 valence electrons. The van der Waals surface area contributed by atoms with Crippen molar-refractivity contribution in [2.45, 2.75) is 6.10 Å². The van der Waals surface area contributed by atoms with Gasteiger partial charge in [-0.2, -0.15) is 0 Å². The molecule has 1 amide bonds. The average Bonchev–Trinajstić information content (AvgIpc) is 2.14. The van der Waals surface area contributed by atoms with Gasteiger partial charge in [0.2, 0.25) is 5.91 Å². The van der Waals surface area contributed by atoms with Crippen LogP contribution in [0.15, 0.2) is 12.4 Å². The first-order valence-corrected chi connectivity index (χ1v) is 4.16. The summed E-state index contributed by atoms with van der Waals surface area (Å²) in [5.41, 5.74) is 4.84. The molecule has 1 unspecified atom stereocenters. The number of nitrogens with two attached hydrogens (primary N) is 1. The van der Waals surface area contributed by atoms with Crippen LogP contribution < -0.4 is 11.1 Å². The van der Waals surface area contributed by atoms with E-state index in [0.29, 0.717) is 5.82 Å². The summed E-state index contributed by atoms with van der Waals surface area (Å²) in [6.07, 6.45) is 0.0187. The third kappa shape index (κ3) is 3.15. The Balaban J connectivity index is 2.49. The van der Waals surface area contributed by atoms with Crippen molar-refractivity contribution in [1.29, 1.82) is 0 Å². The monoisotopic (exact) mass is 216 g/mol. The lowest BCUT2D eigenvalue weighted by atomic mass is 10.3. The maximum absolute atomic E-state index is 10.5. The number of nitrogens with one attached hydrogen (secondary N) is 1. The molecule has 0 aliphatic heterocycles. The highest BCUT2D eigenvalue weighted by Crippen LogP contribution is 2.07. The van der Waals surface area contributed by atoms with E-state index in [2.05, 4.69) is 15.3 Å². The number of aliphatic hydroxyl groups excluding tert-OH is 1. The van der Waals surface area contributed by atoms with Gasteiger partial charge in [-0.15, -0.1) is 0 Å². The molecule has 0 aromatic carbocycles. The largest absolute Gasteiger partial charge is 0.381 e. The second-order valence-electron chi connectivity index (χ2n) is 2.53. The molecule has 0 saturated heterocycles. The van der Waals surface area contributed by atoms with Crippen LogP contribution in [0.2, 0.25) is 5.15 Å². The van der Waals surface area contributed by atoms with Gasteiger partial charge in [0, 0.05) is 6.07 Å². The first kappa shape index (κ1) is 10.7. The van der Waals surface area contributed by atoms with E-state index in [1.807, 2.05) is 0 Å². The van der Waals surface area contributed by atoms with E-state index in [1.165, 1.54) is 12.4 Å². The molecule has 0 aliphatic carbocycles. The minimum absolute atomic E-state index is 0.0112. The van der Waals surface area contributed by atoms with Crippen LogP contribution in [0.4, 0.5) is 5.82 Å². The van der Waals surface area contributed by atoms with Crippen molar-refractivity contribution in [2.75, 3.05) is 11.9 Å². The van der Waals surface area contributed by atoms with Crippen molar-refractivity contribution < 1.29 is 9.90 Å². The molecule has 7 heteroatoms. The number of hydrogen-bond acceptors (Lipinski definition) is 5.